The third kappa shape index (κ3) is 3.24. The molecule has 0 radical (unpaired) electrons. The Kier molecular flexibility index (Phi) is 4.27. The van der Waals surface area contributed by atoms with E-state index in [0.717, 1.165) is 38.2 Å². The van der Waals surface area contributed by atoms with Crippen LogP contribution in [0, 0.1) is 5.82 Å². The van der Waals surface area contributed by atoms with Crippen molar-refractivity contribution in [3.05, 3.63) is 23.0 Å². The molecule has 0 amide bonds. The highest BCUT2D eigenvalue weighted by Crippen LogP contribution is 2.31. The molecule has 1 aliphatic rings. The normalized spacial score (nSPS) is 18.9. The smallest absolute Gasteiger partial charge is 0.244 e. The predicted molar refractivity (Wildman–Crippen MR) is 77.6 cm³/mol. The van der Waals surface area contributed by atoms with Gasteiger partial charge in [-0.05, 0) is 31.9 Å². The number of hydrogen-bond donors (Lipinski definition) is 2. The van der Waals surface area contributed by atoms with Crippen LogP contribution >= 0.6 is 11.6 Å². The van der Waals surface area contributed by atoms with E-state index >= 15 is 0 Å². The Morgan fingerprint density at radius 2 is 1.90 bits per heavy atom. The van der Waals surface area contributed by atoms with Gasteiger partial charge in [0, 0.05) is 10.6 Å². The van der Waals surface area contributed by atoms with Gasteiger partial charge in [-0.15, -0.1) is 0 Å². The quantitative estimate of drug-likeness (QED) is 0.841. The largest absolute Gasteiger partial charge is 0.396 e. The van der Waals surface area contributed by atoms with Gasteiger partial charge in [0.2, 0.25) is 10.0 Å². The van der Waals surface area contributed by atoms with Gasteiger partial charge in [-0.1, -0.05) is 30.9 Å². The van der Waals surface area contributed by atoms with Gasteiger partial charge in [0.15, 0.2) is 5.82 Å². The third-order valence-electron chi connectivity index (χ3n) is 3.66. The first kappa shape index (κ1) is 15.5. The van der Waals surface area contributed by atoms with Crippen LogP contribution in [-0.4, -0.2) is 14.0 Å². The van der Waals surface area contributed by atoms with Gasteiger partial charge in [-0.25, -0.2) is 17.5 Å². The van der Waals surface area contributed by atoms with E-state index < -0.39 is 26.3 Å². The van der Waals surface area contributed by atoms with Crippen molar-refractivity contribution in [2.24, 2.45) is 0 Å². The van der Waals surface area contributed by atoms with Crippen molar-refractivity contribution < 1.29 is 12.8 Å². The van der Waals surface area contributed by atoms with Gasteiger partial charge >= 0.3 is 0 Å². The fourth-order valence-corrected chi connectivity index (χ4v) is 4.48. The highest BCUT2D eigenvalue weighted by Gasteiger charge is 2.33. The van der Waals surface area contributed by atoms with Crippen molar-refractivity contribution in [3.8, 4) is 0 Å². The van der Waals surface area contributed by atoms with Crippen LogP contribution in [0.25, 0.3) is 0 Å². The minimum absolute atomic E-state index is 0.0954. The number of benzene rings is 1. The summed E-state index contributed by atoms with van der Waals surface area (Å²) in [6.07, 6.45) is 4.49. The highest BCUT2D eigenvalue weighted by molar-refractivity contribution is 7.89. The molecular weight excluding hydrogens is 303 g/mol. The summed E-state index contributed by atoms with van der Waals surface area (Å²) < 4.78 is 41.3. The lowest BCUT2D eigenvalue weighted by molar-refractivity contribution is 0.293. The Labute approximate surface area is 123 Å². The van der Waals surface area contributed by atoms with Crippen LogP contribution in [0.15, 0.2) is 17.0 Å². The second-order valence-corrected chi connectivity index (χ2v) is 7.62. The topological polar surface area (TPSA) is 72.2 Å². The van der Waals surface area contributed by atoms with Crippen LogP contribution in [0.1, 0.15) is 39.0 Å². The van der Waals surface area contributed by atoms with Gasteiger partial charge in [-0.3, -0.25) is 0 Å². The summed E-state index contributed by atoms with van der Waals surface area (Å²) in [6.45, 7) is 1.84. The lowest BCUT2D eigenvalue weighted by atomic mass is 9.84. The fraction of sp³-hybridized carbons (Fsp3) is 0.538. The second-order valence-electron chi connectivity index (χ2n) is 5.53. The van der Waals surface area contributed by atoms with Gasteiger partial charge in [-0.2, -0.15) is 0 Å². The van der Waals surface area contributed by atoms with E-state index in [9.17, 15) is 12.8 Å². The number of hydrogen-bond acceptors (Lipinski definition) is 3. The first-order valence-electron chi connectivity index (χ1n) is 6.52. The lowest BCUT2D eigenvalue weighted by Crippen LogP contribution is -2.47. The summed E-state index contributed by atoms with van der Waals surface area (Å²) in [6, 6.07) is 2.28. The summed E-state index contributed by atoms with van der Waals surface area (Å²) in [5.74, 6) is -0.957. The Morgan fingerprint density at radius 1 is 1.30 bits per heavy atom. The zero-order valence-electron chi connectivity index (χ0n) is 11.2. The minimum atomic E-state index is -3.98. The molecule has 2 rings (SSSR count). The molecule has 1 aromatic rings. The molecule has 3 N–H and O–H groups in total. The van der Waals surface area contributed by atoms with Crippen LogP contribution in [0.4, 0.5) is 10.1 Å². The Morgan fingerprint density at radius 3 is 2.50 bits per heavy atom. The summed E-state index contributed by atoms with van der Waals surface area (Å²) in [5, 5.41) is 0.0954. The fourth-order valence-electron chi connectivity index (χ4n) is 2.59. The minimum Gasteiger partial charge on any atom is -0.396 e. The molecule has 0 unspecified atom stereocenters. The third-order valence-corrected chi connectivity index (χ3v) is 5.52. The molecule has 0 aromatic heterocycles. The Hall–Kier alpha value is -0.850. The highest BCUT2D eigenvalue weighted by atomic mass is 35.5. The molecule has 4 nitrogen and oxygen atoms in total. The van der Waals surface area contributed by atoms with Crippen molar-refractivity contribution in [3.63, 3.8) is 0 Å². The first-order valence-corrected chi connectivity index (χ1v) is 8.38. The van der Waals surface area contributed by atoms with E-state index in [4.69, 9.17) is 17.3 Å². The summed E-state index contributed by atoms with van der Waals surface area (Å²) >= 11 is 5.77. The Bertz CT molecular complexity index is 613. The molecule has 1 saturated carbocycles. The number of nitrogen functional groups attached to an aromatic ring is 1. The average Bonchev–Trinajstić information content (AvgIpc) is 2.33. The summed E-state index contributed by atoms with van der Waals surface area (Å²) in [5.41, 5.74) is 4.62. The standard InChI is InChI=1S/C13H18ClFN2O2S/c1-13(5-3-2-4-6-13)17-20(18,19)11-8-9(14)7-10(16)12(11)15/h7-8,17H,2-6,16H2,1H3. The van der Waals surface area contributed by atoms with Crippen LogP contribution in [0.3, 0.4) is 0 Å². The van der Waals surface area contributed by atoms with Crippen molar-refractivity contribution in [1.29, 1.82) is 0 Å². The van der Waals surface area contributed by atoms with Crippen molar-refractivity contribution in [2.45, 2.75) is 49.5 Å². The molecule has 0 aliphatic heterocycles. The number of halogens is 2. The zero-order valence-corrected chi connectivity index (χ0v) is 12.8. The maximum atomic E-state index is 14.0. The molecular formula is C13H18ClFN2O2S. The Balaban J connectivity index is 2.36. The van der Waals surface area contributed by atoms with E-state index in [0.29, 0.717) is 0 Å². The van der Waals surface area contributed by atoms with E-state index in [-0.39, 0.29) is 10.7 Å². The number of sulfonamides is 1. The molecule has 0 atom stereocenters. The zero-order chi connectivity index (χ0) is 15.0. The van der Waals surface area contributed by atoms with Crippen LogP contribution < -0.4 is 10.5 Å². The molecule has 112 valence electrons. The molecule has 1 aromatic carbocycles. The van der Waals surface area contributed by atoms with Crippen molar-refractivity contribution >= 4 is 27.3 Å². The van der Waals surface area contributed by atoms with E-state index in [2.05, 4.69) is 4.72 Å². The second kappa shape index (κ2) is 5.50. The number of nitrogens with two attached hydrogens (primary N) is 1. The number of rotatable bonds is 3. The van der Waals surface area contributed by atoms with Gasteiger partial charge in [0.1, 0.15) is 4.90 Å². The van der Waals surface area contributed by atoms with E-state index in [1.54, 1.807) is 0 Å². The van der Waals surface area contributed by atoms with Crippen molar-refractivity contribution in [2.75, 3.05) is 5.73 Å². The van der Waals surface area contributed by atoms with E-state index in [1.807, 2.05) is 6.92 Å². The molecule has 0 saturated heterocycles. The molecule has 7 heteroatoms. The average molecular weight is 321 g/mol. The molecule has 1 aliphatic carbocycles. The SMILES string of the molecule is CC1(NS(=O)(=O)c2cc(Cl)cc(N)c2F)CCCCC1. The van der Waals surface area contributed by atoms with Gasteiger partial charge in [0.05, 0.1) is 5.69 Å². The predicted octanol–water partition coefficient (Wildman–Crippen LogP) is 3.06. The van der Waals surface area contributed by atoms with E-state index in [1.165, 1.54) is 6.07 Å². The van der Waals surface area contributed by atoms with Crippen LogP contribution in [0.2, 0.25) is 5.02 Å². The first-order chi connectivity index (χ1) is 9.23. The molecule has 0 heterocycles. The maximum Gasteiger partial charge on any atom is 0.244 e. The van der Waals surface area contributed by atoms with Crippen LogP contribution in [0.5, 0.6) is 0 Å². The monoisotopic (exact) mass is 320 g/mol. The van der Waals surface area contributed by atoms with Crippen LogP contribution in [-0.2, 0) is 10.0 Å². The number of nitrogens with one attached hydrogen (secondary N) is 1. The summed E-state index contributed by atoms with van der Waals surface area (Å²) in [4.78, 5) is -0.491. The lowest BCUT2D eigenvalue weighted by Gasteiger charge is -2.34. The molecule has 0 spiro atoms. The van der Waals surface area contributed by atoms with Gasteiger partial charge < -0.3 is 5.73 Å². The maximum absolute atomic E-state index is 14.0. The summed E-state index contributed by atoms with van der Waals surface area (Å²) in [7, 11) is -3.98. The number of anilines is 1. The van der Waals surface area contributed by atoms with Gasteiger partial charge in [0.25, 0.3) is 0 Å². The van der Waals surface area contributed by atoms with Crippen molar-refractivity contribution in [1.82, 2.24) is 4.72 Å². The molecule has 0 bridgehead atoms. The molecule has 1 fully saturated rings. The molecule has 20 heavy (non-hydrogen) atoms.